The van der Waals surface area contributed by atoms with E-state index < -0.39 is 89.9 Å². The molecule has 2 rings (SSSR count). The second-order valence-corrected chi connectivity index (χ2v) is 12.8. The zero-order valence-electron chi connectivity index (χ0n) is 19.3. The summed E-state index contributed by atoms with van der Waals surface area (Å²) in [5.74, 6) is -4.47. The third kappa shape index (κ3) is 10.2. The van der Waals surface area contributed by atoms with E-state index in [-0.39, 0.29) is 11.4 Å². The fourth-order valence-corrected chi connectivity index (χ4v) is 5.62. The van der Waals surface area contributed by atoms with Crippen molar-refractivity contribution < 1.29 is 81.3 Å². The summed E-state index contributed by atoms with van der Waals surface area (Å²) in [6.45, 7) is -0.870. The fourth-order valence-electron chi connectivity index (χ4n) is 2.95. The van der Waals surface area contributed by atoms with Crippen LogP contribution in [0, 0.1) is 0 Å². The summed E-state index contributed by atoms with van der Waals surface area (Å²) in [5, 5.41) is 14.3. The van der Waals surface area contributed by atoms with Gasteiger partial charge in [0.25, 0.3) is 0 Å². The summed E-state index contributed by atoms with van der Waals surface area (Å²) in [6.07, 6.45) is -7.02. The largest absolute Gasteiger partial charge is 0.470 e. The van der Waals surface area contributed by atoms with Crippen molar-refractivity contribution in [1.82, 2.24) is 0 Å². The molecule has 1 amide bonds. The quantitative estimate of drug-likeness (QED) is 0.0676. The van der Waals surface area contributed by atoms with Crippen molar-refractivity contribution in [2.45, 2.75) is 36.7 Å². The minimum absolute atomic E-state index is 0.0853. The number of aliphatic hydroxyl groups is 1. The van der Waals surface area contributed by atoms with Crippen molar-refractivity contribution in [3.63, 3.8) is 0 Å². The number of anilines is 2. The van der Waals surface area contributed by atoms with Gasteiger partial charge in [-0.25, -0.2) is 9.36 Å². The molecule has 0 aliphatic carbocycles. The summed E-state index contributed by atoms with van der Waals surface area (Å²) in [6, 6.07) is 4.79. The van der Waals surface area contributed by atoms with Gasteiger partial charge >= 0.3 is 35.0 Å². The van der Waals surface area contributed by atoms with E-state index in [1.165, 1.54) is 12.1 Å². The van der Waals surface area contributed by atoms with E-state index in [9.17, 15) is 38.0 Å². The Morgan fingerprint density at radius 3 is 1.97 bits per heavy atom. The van der Waals surface area contributed by atoms with Gasteiger partial charge in [0.1, 0.15) is 12.7 Å². The molecule has 1 saturated heterocycles. The maximum absolute atomic E-state index is 12.0. The van der Waals surface area contributed by atoms with Gasteiger partial charge in [-0.15, -0.1) is 0 Å². The molecule has 1 fully saturated rings. The number of rotatable bonds is 13. The van der Waals surface area contributed by atoms with Gasteiger partial charge in [-0.2, -0.15) is 0 Å². The first-order chi connectivity index (χ1) is 17.8. The van der Waals surface area contributed by atoms with Gasteiger partial charge in [0.2, 0.25) is 23.3 Å². The molecule has 218 valence electrons. The molecular weight excluding hydrogens is 597 g/mol. The maximum atomic E-state index is 12.0. The number of ketones is 1. The summed E-state index contributed by atoms with van der Waals surface area (Å²) in [4.78, 5) is 101. The molecule has 0 aromatic heterocycles. The predicted molar refractivity (Wildman–Crippen MR) is 125 cm³/mol. The van der Waals surface area contributed by atoms with E-state index >= 15 is 0 Å². The minimum atomic E-state index is -5.23. The van der Waals surface area contributed by atoms with Gasteiger partial charge in [0.05, 0.1) is 6.42 Å². The number of phosphoric acid groups is 1. The number of hydrogen-bond acceptors (Lipinski definition) is 12. The normalized spacial score (nSPS) is 19.0. The molecule has 1 aromatic rings. The van der Waals surface area contributed by atoms with Crippen molar-refractivity contribution in [2.24, 2.45) is 0 Å². The molecule has 1 aromatic carbocycles. The molecule has 1 aliphatic rings. The lowest BCUT2D eigenvalue weighted by Crippen LogP contribution is -2.38. The number of carbonyl (C=O) groups excluding carboxylic acids is 4. The topological polar surface area (TPSA) is 313 Å². The number of hydrogen-bond donors (Lipinski definition) is 9. The lowest BCUT2D eigenvalue weighted by molar-refractivity contribution is -0.157. The fraction of sp³-hybridized carbons (Fsp3) is 0.412. The molecule has 0 spiro atoms. The highest BCUT2D eigenvalue weighted by Gasteiger charge is 2.50. The molecule has 19 nitrogen and oxygen atoms in total. The Morgan fingerprint density at radius 1 is 0.923 bits per heavy atom. The highest BCUT2D eigenvalue weighted by atomic mass is 31.2. The Kier molecular flexibility index (Phi) is 10.7. The number of esters is 2. The lowest BCUT2D eigenvalue weighted by Gasteiger charge is -2.21. The molecule has 3 atom stereocenters. The number of nitrogens with one attached hydrogen (secondary N) is 2. The molecule has 1 aliphatic heterocycles. The van der Waals surface area contributed by atoms with E-state index in [4.69, 9.17) is 34.1 Å². The van der Waals surface area contributed by atoms with Crippen LogP contribution in [0.1, 0.15) is 12.8 Å². The summed E-state index contributed by atoms with van der Waals surface area (Å²) >= 11 is 0. The Hall–Kier alpha value is -2.53. The first-order valence-corrected chi connectivity index (χ1v) is 15.3. The third-order valence-electron chi connectivity index (χ3n) is 4.66. The van der Waals surface area contributed by atoms with Crippen LogP contribution in [0.15, 0.2) is 24.3 Å². The predicted octanol–water partition coefficient (Wildman–Crippen LogP) is -1.67. The molecule has 0 radical (unpaired) electrons. The third-order valence-corrected chi connectivity index (χ3v) is 8.48. The highest BCUT2D eigenvalue weighted by molar-refractivity contribution is 7.71. The number of Topliss-reactive ketones (excluding diaryl/α,β-unsaturated/α-hetero) is 1. The first-order valence-electron chi connectivity index (χ1n) is 10.4. The van der Waals surface area contributed by atoms with Crippen molar-refractivity contribution in [3.8, 4) is 0 Å². The molecule has 39 heavy (non-hydrogen) atoms. The minimum Gasteiger partial charge on any atom is -0.463 e. The van der Waals surface area contributed by atoms with Crippen molar-refractivity contribution in [3.05, 3.63) is 24.3 Å². The van der Waals surface area contributed by atoms with E-state index in [0.717, 1.165) is 12.1 Å². The Balaban J connectivity index is 1.80. The number of ether oxygens (including phenoxy) is 2. The summed E-state index contributed by atoms with van der Waals surface area (Å²) in [5.41, 5.74) is -2.42. The zero-order chi connectivity index (χ0) is 29.8. The van der Waals surface area contributed by atoms with Crippen LogP contribution in [-0.4, -0.2) is 88.5 Å². The standard InChI is InChI=1S/C17H23N2O17P3/c20-10(14-13(23)15(16(24)35-14)36-39(31,32)33)7-34-12(22)6-5-11(21)18-8-1-3-9(4-2-8)19-17(37(25,26)27)38(28,29)30/h1-4,10,14-15,17,19-20H,5-7H2,(H,18,21)(H2,25,26,27)(H2,28,29,30)(H2,31,32,33)/t10-,14?,15?/m0/s1. The van der Waals surface area contributed by atoms with Gasteiger partial charge in [-0.3, -0.25) is 28.0 Å². The van der Waals surface area contributed by atoms with Gasteiger partial charge in [0, 0.05) is 17.8 Å². The number of cyclic esters (lactones) is 1. The SMILES string of the molecule is O=C(CCC(=O)OC[C@H](O)C1OC(=O)C(OP(=O)(O)O)C1=O)Nc1ccc(NC(P(=O)(O)O)P(=O)(O)O)cc1. The van der Waals surface area contributed by atoms with Crippen LogP contribution >= 0.6 is 23.0 Å². The van der Waals surface area contributed by atoms with Crippen LogP contribution in [0.4, 0.5) is 11.4 Å². The Labute approximate surface area is 218 Å². The number of benzene rings is 1. The number of phosphoric ester groups is 1. The number of carbonyl (C=O) groups is 4. The van der Waals surface area contributed by atoms with Gasteiger partial charge in [-0.1, -0.05) is 0 Å². The average Bonchev–Trinajstić information content (AvgIpc) is 3.06. The van der Waals surface area contributed by atoms with Crippen LogP contribution in [-0.2, 0) is 46.9 Å². The molecule has 2 unspecified atom stereocenters. The Bertz CT molecular complexity index is 1210. The van der Waals surface area contributed by atoms with Crippen LogP contribution < -0.4 is 10.6 Å². The zero-order valence-corrected chi connectivity index (χ0v) is 22.0. The van der Waals surface area contributed by atoms with E-state index in [1.807, 2.05) is 5.32 Å². The molecule has 9 N–H and O–H groups in total. The van der Waals surface area contributed by atoms with Crippen molar-refractivity contribution in [2.75, 3.05) is 17.2 Å². The van der Waals surface area contributed by atoms with Gasteiger partial charge in [-0.05, 0) is 24.3 Å². The van der Waals surface area contributed by atoms with Crippen LogP contribution in [0.2, 0.25) is 0 Å². The van der Waals surface area contributed by atoms with Crippen LogP contribution in [0.3, 0.4) is 0 Å². The molecule has 0 bridgehead atoms. The van der Waals surface area contributed by atoms with Crippen LogP contribution in [0.5, 0.6) is 0 Å². The highest BCUT2D eigenvalue weighted by Crippen LogP contribution is 2.59. The van der Waals surface area contributed by atoms with Crippen LogP contribution in [0.25, 0.3) is 0 Å². The second kappa shape index (κ2) is 12.8. The van der Waals surface area contributed by atoms with E-state index in [1.54, 1.807) is 0 Å². The monoisotopic (exact) mass is 620 g/mol. The summed E-state index contributed by atoms with van der Waals surface area (Å²) < 4.78 is 46.7. The Morgan fingerprint density at radius 2 is 1.46 bits per heavy atom. The summed E-state index contributed by atoms with van der Waals surface area (Å²) in [7, 11) is -15.7. The van der Waals surface area contributed by atoms with Crippen molar-refractivity contribution in [1.29, 1.82) is 0 Å². The van der Waals surface area contributed by atoms with E-state index in [2.05, 4.69) is 14.6 Å². The number of aliphatic hydroxyl groups excluding tert-OH is 1. The smallest absolute Gasteiger partial charge is 0.463 e. The average molecular weight is 620 g/mol. The first kappa shape index (κ1) is 32.7. The number of amides is 1. The van der Waals surface area contributed by atoms with Gasteiger partial charge in [0.15, 0.2) is 6.10 Å². The molecule has 0 saturated carbocycles. The van der Waals surface area contributed by atoms with E-state index in [0.29, 0.717) is 0 Å². The lowest BCUT2D eigenvalue weighted by atomic mass is 10.1. The molecule has 1 heterocycles. The maximum Gasteiger partial charge on any atom is 0.470 e. The molecule has 22 heteroatoms. The molecular formula is C17H23N2O17P3. The van der Waals surface area contributed by atoms with Gasteiger partial charge < -0.3 is 54.6 Å². The second-order valence-electron chi connectivity index (χ2n) is 7.81. The van der Waals surface area contributed by atoms with Crippen molar-refractivity contribution >= 4 is 58.0 Å².